The molecule has 2 atom stereocenters. The van der Waals surface area contributed by atoms with Crippen molar-refractivity contribution in [3.05, 3.63) is 0 Å². The Morgan fingerprint density at radius 1 is 1.50 bits per heavy atom. The molecule has 0 fully saturated rings. The first-order valence-electron chi connectivity index (χ1n) is 4.20. The number of carbonyl (C=O) groups is 1. The van der Waals surface area contributed by atoms with Crippen LogP contribution >= 0.6 is 15.9 Å². The number of aliphatic carboxylic acids is 1. The van der Waals surface area contributed by atoms with Gasteiger partial charge in [-0.25, -0.2) is 0 Å². The molecular formula is C8H16BrNO2. The molecule has 72 valence electrons. The van der Waals surface area contributed by atoms with E-state index < -0.39 is 12.0 Å². The molecule has 0 amide bonds. The van der Waals surface area contributed by atoms with Crippen LogP contribution in [0.2, 0.25) is 0 Å². The third-order valence-electron chi connectivity index (χ3n) is 1.71. The lowest BCUT2D eigenvalue weighted by atomic mass is 10.1. The van der Waals surface area contributed by atoms with E-state index in [9.17, 15) is 4.79 Å². The van der Waals surface area contributed by atoms with Crippen molar-refractivity contribution < 1.29 is 9.90 Å². The van der Waals surface area contributed by atoms with Crippen LogP contribution in [0.25, 0.3) is 0 Å². The average molecular weight is 238 g/mol. The van der Waals surface area contributed by atoms with Crippen LogP contribution in [-0.4, -0.2) is 21.9 Å². The number of alkyl halides is 1. The Hall–Kier alpha value is -0.0900. The maximum absolute atomic E-state index is 10.3. The van der Waals surface area contributed by atoms with Gasteiger partial charge in [0.25, 0.3) is 0 Å². The van der Waals surface area contributed by atoms with Crippen LogP contribution in [0.3, 0.4) is 0 Å². The summed E-state index contributed by atoms with van der Waals surface area (Å²) >= 11 is 3.47. The summed E-state index contributed by atoms with van der Waals surface area (Å²) in [6.07, 6.45) is 3.57. The Morgan fingerprint density at radius 3 is 2.50 bits per heavy atom. The van der Waals surface area contributed by atoms with E-state index in [1.807, 2.05) is 0 Å². The maximum atomic E-state index is 10.3. The molecule has 0 saturated heterocycles. The highest BCUT2D eigenvalue weighted by molar-refractivity contribution is 9.09. The Labute approximate surface area is 81.5 Å². The first-order chi connectivity index (χ1) is 5.57. The molecule has 2 unspecified atom stereocenters. The fraction of sp³-hybridized carbons (Fsp3) is 0.875. The summed E-state index contributed by atoms with van der Waals surface area (Å²) in [7, 11) is 0. The number of halogens is 1. The molecule has 0 saturated carbocycles. The van der Waals surface area contributed by atoms with E-state index in [1.165, 1.54) is 0 Å². The lowest BCUT2D eigenvalue weighted by molar-refractivity contribution is -0.138. The SMILES string of the molecule is CCCC(Br)CCC(N)C(=O)O. The van der Waals surface area contributed by atoms with Crippen molar-refractivity contribution in [2.45, 2.75) is 43.5 Å². The highest BCUT2D eigenvalue weighted by atomic mass is 79.9. The Kier molecular flexibility index (Phi) is 6.38. The lowest BCUT2D eigenvalue weighted by Crippen LogP contribution is -2.30. The third-order valence-corrected chi connectivity index (χ3v) is 2.63. The van der Waals surface area contributed by atoms with Crippen molar-refractivity contribution in [3.63, 3.8) is 0 Å². The second-order valence-electron chi connectivity index (χ2n) is 2.91. The third kappa shape index (κ3) is 5.55. The summed E-state index contributed by atoms with van der Waals surface area (Å²) in [5, 5.41) is 8.48. The average Bonchev–Trinajstić information content (AvgIpc) is 2.00. The summed E-state index contributed by atoms with van der Waals surface area (Å²) in [6, 6.07) is -0.707. The predicted octanol–water partition coefficient (Wildman–Crippen LogP) is 1.74. The van der Waals surface area contributed by atoms with Gasteiger partial charge < -0.3 is 10.8 Å². The molecule has 0 aliphatic heterocycles. The smallest absolute Gasteiger partial charge is 0.320 e. The highest BCUT2D eigenvalue weighted by Crippen LogP contribution is 2.14. The van der Waals surface area contributed by atoms with Gasteiger partial charge in [-0.3, -0.25) is 4.79 Å². The molecule has 0 aromatic carbocycles. The Bertz CT molecular complexity index is 141. The van der Waals surface area contributed by atoms with Crippen LogP contribution in [-0.2, 0) is 4.79 Å². The van der Waals surface area contributed by atoms with Crippen molar-refractivity contribution in [2.24, 2.45) is 5.73 Å². The molecule has 0 radical (unpaired) electrons. The second-order valence-corrected chi connectivity index (χ2v) is 4.20. The van der Waals surface area contributed by atoms with Crippen molar-refractivity contribution in [2.75, 3.05) is 0 Å². The van der Waals surface area contributed by atoms with Crippen LogP contribution in [0.4, 0.5) is 0 Å². The van der Waals surface area contributed by atoms with Gasteiger partial charge in [0, 0.05) is 4.83 Å². The molecule has 0 aromatic rings. The minimum Gasteiger partial charge on any atom is -0.480 e. The van der Waals surface area contributed by atoms with E-state index in [-0.39, 0.29) is 0 Å². The first-order valence-corrected chi connectivity index (χ1v) is 5.12. The van der Waals surface area contributed by atoms with Crippen molar-refractivity contribution in [3.8, 4) is 0 Å². The molecule has 0 aliphatic rings. The maximum Gasteiger partial charge on any atom is 0.320 e. The van der Waals surface area contributed by atoms with Gasteiger partial charge in [-0.05, 0) is 19.3 Å². The highest BCUT2D eigenvalue weighted by Gasteiger charge is 2.12. The van der Waals surface area contributed by atoms with E-state index in [0.29, 0.717) is 11.2 Å². The monoisotopic (exact) mass is 237 g/mol. The lowest BCUT2D eigenvalue weighted by Gasteiger charge is -2.10. The molecule has 0 bridgehead atoms. The molecule has 0 aromatic heterocycles. The van der Waals surface area contributed by atoms with Crippen molar-refractivity contribution in [1.82, 2.24) is 0 Å². The van der Waals surface area contributed by atoms with E-state index in [0.717, 1.165) is 19.3 Å². The van der Waals surface area contributed by atoms with Crippen LogP contribution in [0, 0.1) is 0 Å². The number of rotatable bonds is 6. The van der Waals surface area contributed by atoms with Gasteiger partial charge >= 0.3 is 5.97 Å². The molecular weight excluding hydrogens is 222 g/mol. The van der Waals surface area contributed by atoms with Gasteiger partial charge in [0.15, 0.2) is 0 Å². The molecule has 0 aliphatic carbocycles. The van der Waals surface area contributed by atoms with Gasteiger partial charge in [0.05, 0.1) is 0 Å². The molecule has 0 heterocycles. The Morgan fingerprint density at radius 2 is 2.08 bits per heavy atom. The predicted molar refractivity (Wildman–Crippen MR) is 52.5 cm³/mol. The summed E-state index contributed by atoms with van der Waals surface area (Å²) in [5.74, 6) is -0.911. The summed E-state index contributed by atoms with van der Waals surface area (Å²) in [5.41, 5.74) is 5.34. The minimum absolute atomic E-state index is 0.410. The first kappa shape index (κ1) is 11.9. The fourth-order valence-corrected chi connectivity index (χ4v) is 1.66. The summed E-state index contributed by atoms with van der Waals surface area (Å²) in [6.45, 7) is 2.10. The molecule has 12 heavy (non-hydrogen) atoms. The van der Waals surface area contributed by atoms with Gasteiger partial charge in [0.1, 0.15) is 6.04 Å². The topological polar surface area (TPSA) is 63.3 Å². The number of nitrogens with two attached hydrogens (primary N) is 1. The summed E-state index contributed by atoms with van der Waals surface area (Å²) in [4.78, 5) is 10.7. The number of carboxylic acids is 1. The standard InChI is InChI=1S/C8H16BrNO2/c1-2-3-6(9)4-5-7(10)8(11)12/h6-7H,2-5,10H2,1H3,(H,11,12). The van der Waals surface area contributed by atoms with E-state index in [2.05, 4.69) is 22.9 Å². The number of hydrogen-bond donors (Lipinski definition) is 2. The summed E-state index contributed by atoms with van der Waals surface area (Å²) < 4.78 is 0. The van der Waals surface area contributed by atoms with Crippen LogP contribution in [0.1, 0.15) is 32.6 Å². The van der Waals surface area contributed by atoms with Crippen LogP contribution in [0.15, 0.2) is 0 Å². The molecule has 4 heteroatoms. The van der Waals surface area contributed by atoms with Gasteiger partial charge in [0.2, 0.25) is 0 Å². The van der Waals surface area contributed by atoms with Gasteiger partial charge in [-0.2, -0.15) is 0 Å². The largest absolute Gasteiger partial charge is 0.480 e. The normalized spacial score (nSPS) is 15.6. The zero-order valence-electron chi connectivity index (χ0n) is 7.29. The van der Waals surface area contributed by atoms with E-state index >= 15 is 0 Å². The second kappa shape index (κ2) is 6.43. The minimum atomic E-state index is -0.911. The molecule has 0 rings (SSSR count). The van der Waals surface area contributed by atoms with Crippen LogP contribution in [0.5, 0.6) is 0 Å². The Balaban J connectivity index is 3.46. The fourth-order valence-electron chi connectivity index (χ4n) is 0.941. The molecule has 3 N–H and O–H groups in total. The van der Waals surface area contributed by atoms with Gasteiger partial charge in [-0.15, -0.1) is 0 Å². The van der Waals surface area contributed by atoms with E-state index in [1.54, 1.807) is 0 Å². The molecule has 3 nitrogen and oxygen atoms in total. The van der Waals surface area contributed by atoms with E-state index in [4.69, 9.17) is 10.8 Å². The van der Waals surface area contributed by atoms with Gasteiger partial charge in [-0.1, -0.05) is 29.3 Å². The zero-order valence-corrected chi connectivity index (χ0v) is 8.88. The van der Waals surface area contributed by atoms with Crippen molar-refractivity contribution in [1.29, 1.82) is 0 Å². The zero-order chi connectivity index (χ0) is 9.56. The quantitative estimate of drug-likeness (QED) is 0.693. The molecule has 0 spiro atoms. The number of hydrogen-bond acceptors (Lipinski definition) is 2. The number of carboxylic acid groups (broad SMARTS) is 1. The van der Waals surface area contributed by atoms with Crippen molar-refractivity contribution >= 4 is 21.9 Å². The van der Waals surface area contributed by atoms with Crippen LogP contribution < -0.4 is 5.73 Å².